The molecule has 2 heterocycles. The number of carbonyl (C=O) groups excluding carboxylic acids is 2. The smallest absolute Gasteiger partial charge is 0.293 e. The van der Waals surface area contributed by atoms with Crippen molar-refractivity contribution in [2.75, 3.05) is 54.4 Å². The Bertz CT molecular complexity index is 1160. The summed E-state index contributed by atoms with van der Waals surface area (Å²) >= 11 is 5.30. The van der Waals surface area contributed by atoms with Gasteiger partial charge in [-0.1, -0.05) is 6.92 Å². The molecule has 4 rings (SSSR count). The number of hydrogen-bond donors (Lipinski definition) is 2. The van der Waals surface area contributed by atoms with Gasteiger partial charge in [-0.25, -0.2) is 0 Å². The van der Waals surface area contributed by atoms with Gasteiger partial charge in [0.1, 0.15) is 5.69 Å². The number of benzene rings is 2. The van der Waals surface area contributed by atoms with E-state index in [0.717, 1.165) is 51.1 Å². The molecule has 0 aromatic heterocycles. The van der Waals surface area contributed by atoms with Crippen molar-refractivity contribution in [2.24, 2.45) is 0 Å². The third-order valence-corrected chi connectivity index (χ3v) is 6.99. The van der Waals surface area contributed by atoms with Crippen LogP contribution in [0.15, 0.2) is 42.5 Å². The van der Waals surface area contributed by atoms with Crippen molar-refractivity contribution >= 4 is 51.9 Å². The van der Waals surface area contributed by atoms with Gasteiger partial charge in [0, 0.05) is 68.7 Å². The van der Waals surface area contributed by atoms with Gasteiger partial charge in [0.05, 0.1) is 4.92 Å². The molecule has 2 fully saturated rings. The molecule has 0 aliphatic carbocycles. The lowest BCUT2D eigenvalue weighted by atomic mass is 10.1. The number of nitro benzene ring substituents is 1. The summed E-state index contributed by atoms with van der Waals surface area (Å²) in [6.45, 7) is 6.39. The molecular weight excluding hydrogens is 492 g/mol. The number of nitrogens with zero attached hydrogens (tertiary/aromatic N) is 4. The van der Waals surface area contributed by atoms with Gasteiger partial charge in [-0.15, -0.1) is 0 Å². The summed E-state index contributed by atoms with van der Waals surface area (Å²) in [7, 11) is 0. The maximum absolute atomic E-state index is 12.8. The number of piperidine rings is 1. The number of nitro groups is 1. The third-order valence-electron chi connectivity index (χ3n) is 6.78. The fraction of sp³-hybridized carbons (Fsp3) is 0.423. The maximum Gasteiger partial charge on any atom is 0.293 e. The monoisotopic (exact) mass is 524 g/mol. The second kappa shape index (κ2) is 12.0. The average molecular weight is 525 g/mol. The van der Waals surface area contributed by atoms with E-state index in [-0.39, 0.29) is 22.3 Å². The van der Waals surface area contributed by atoms with Crippen molar-refractivity contribution in [1.29, 1.82) is 0 Å². The number of anilines is 3. The van der Waals surface area contributed by atoms with E-state index in [4.69, 9.17) is 12.2 Å². The SMILES string of the molecule is CCC(=O)N1CCN(c2ccc(NC(=S)NC(=O)c3ccc(N4CCCCC4)c([N+](=O)[O-])c3)cc2)CC1. The Hall–Kier alpha value is -3.73. The lowest BCUT2D eigenvalue weighted by Crippen LogP contribution is -2.48. The van der Waals surface area contributed by atoms with E-state index in [9.17, 15) is 19.7 Å². The van der Waals surface area contributed by atoms with Gasteiger partial charge in [0.15, 0.2) is 5.11 Å². The van der Waals surface area contributed by atoms with E-state index in [1.807, 2.05) is 41.0 Å². The molecule has 196 valence electrons. The van der Waals surface area contributed by atoms with Crippen molar-refractivity contribution in [3.63, 3.8) is 0 Å². The average Bonchev–Trinajstić information content (AvgIpc) is 2.93. The van der Waals surface area contributed by atoms with Crippen LogP contribution in [0.5, 0.6) is 0 Å². The molecule has 10 nitrogen and oxygen atoms in total. The molecule has 0 spiro atoms. The second-order valence-corrected chi connectivity index (χ2v) is 9.59. The molecule has 2 N–H and O–H groups in total. The van der Waals surface area contributed by atoms with Gasteiger partial charge < -0.3 is 20.0 Å². The number of hydrogen-bond acceptors (Lipinski definition) is 7. The Morgan fingerprint density at radius 2 is 1.62 bits per heavy atom. The number of rotatable bonds is 6. The Kier molecular flexibility index (Phi) is 8.54. The summed E-state index contributed by atoms with van der Waals surface area (Å²) in [6.07, 6.45) is 3.64. The lowest BCUT2D eigenvalue weighted by Gasteiger charge is -2.36. The molecule has 0 bridgehead atoms. The van der Waals surface area contributed by atoms with E-state index in [1.165, 1.54) is 6.07 Å². The van der Waals surface area contributed by atoms with Crippen molar-refractivity contribution in [3.05, 3.63) is 58.1 Å². The predicted molar refractivity (Wildman–Crippen MR) is 148 cm³/mol. The van der Waals surface area contributed by atoms with E-state index in [0.29, 0.717) is 30.9 Å². The van der Waals surface area contributed by atoms with Crippen LogP contribution >= 0.6 is 12.2 Å². The van der Waals surface area contributed by atoms with Gasteiger partial charge >= 0.3 is 0 Å². The largest absolute Gasteiger partial charge is 0.368 e. The molecule has 0 saturated carbocycles. The van der Waals surface area contributed by atoms with E-state index < -0.39 is 10.8 Å². The van der Waals surface area contributed by atoms with Crippen LogP contribution in [-0.2, 0) is 4.79 Å². The van der Waals surface area contributed by atoms with Crippen molar-refractivity contribution < 1.29 is 14.5 Å². The molecule has 0 unspecified atom stereocenters. The molecule has 2 aromatic carbocycles. The Labute approximate surface area is 221 Å². The minimum absolute atomic E-state index is 0.0797. The Morgan fingerprint density at radius 3 is 2.24 bits per heavy atom. The zero-order valence-corrected chi connectivity index (χ0v) is 21.8. The molecule has 2 aliphatic heterocycles. The predicted octanol–water partition coefficient (Wildman–Crippen LogP) is 3.77. The number of thiocarbonyl (C=S) groups is 1. The highest BCUT2D eigenvalue weighted by atomic mass is 32.1. The molecule has 0 atom stereocenters. The first-order valence-corrected chi connectivity index (χ1v) is 13.0. The fourth-order valence-electron chi connectivity index (χ4n) is 4.74. The van der Waals surface area contributed by atoms with E-state index >= 15 is 0 Å². The summed E-state index contributed by atoms with van der Waals surface area (Å²) in [5.74, 6) is -0.329. The molecule has 0 radical (unpaired) electrons. The van der Waals surface area contributed by atoms with Crippen LogP contribution in [0.2, 0.25) is 0 Å². The van der Waals surface area contributed by atoms with Gasteiger partial charge in [-0.3, -0.25) is 25.0 Å². The molecule has 2 aromatic rings. The topological polar surface area (TPSA) is 111 Å². The van der Waals surface area contributed by atoms with Gasteiger partial charge in [0.2, 0.25) is 5.91 Å². The third kappa shape index (κ3) is 6.53. The van der Waals surface area contributed by atoms with Crippen LogP contribution in [0.25, 0.3) is 0 Å². The van der Waals surface area contributed by atoms with Crippen LogP contribution in [0, 0.1) is 10.1 Å². The Morgan fingerprint density at radius 1 is 0.946 bits per heavy atom. The minimum Gasteiger partial charge on any atom is -0.368 e. The van der Waals surface area contributed by atoms with Gasteiger partial charge in [0.25, 0.3) is 11.6 Å². The van der Waals surface area contributed by atoms with Crippen LogP contribution in [0.3, 0.4) is 0 Å². The number of piperazine rings is 1. The molecular formula is C26H32N6O4S. The molecule has 2 saturated heterocycles. The second-order valence-electron chi connectivity index (χ2n) is 9.18. The molecule has 2 amide bonds. The fourth-order valence-corrected chi connectivity index (χ4v) is 4.95. The highest BCUT2D eigenvalue weighted by Crippen LogP contribution is 2.31. The summed E-state index contributed by atoms with van der Waals surface area (Å²) in [6, 6.07) is 12.2. The van der Waals surface area contributed by atoms with Crippen LogP contribution in [-0.4, -0.2) is 66.0 Å². The van der Waals surface area contributed by atoms with Crippen molar-refractivity contribution in [3.8, 4) is 0 Å². The highest BCUT2D eigenvalue weighted by molar-refractivity contribution is 7.80. The standard InChI is InChI=1S/C26H32N6O4S/c1-2-24(33)31-16-14-29(15-17-31)21-9-7-20(8-10-21)27-26(37)28-25(34)19-6-11-22(23(18-19)32(35)36)30-12-4-3-5-13-30/h6-11,18H,2-5,12-17H2,1H3,(H2,27,28,34,37). The zero-order chi connectivity index (χ0) is 26.4. The van der Waals surface area contributed by atoms with Crippen LogP contribution in [0.4, 0.5) is 22.7 Å². The lowest BCUT2D eigenvalue weighted by molar-refractivity contribution is -0.384. The maximum atomic E-state index is 12.8. The number of nitrogens with one attached hydrogen (secondary N) is 2. The highest BCUT2D eigenvalue weighted by Gasteiger charge is 2.24. The van der Waals surface area contributed by atoms with E-state index in [1.54, 1.807) is 12.1 Å². The first-order valence-electron chi connectivity index (χ1n) is 12.6. The molecule has 37 heavy (non-hydrogen) atoms. The van der Waals surface area contributed by atoms with Gasteiger partial charge in [-0.05, 0) is 67.9 Å². The molecule has 11 heteroatoms. The molecule has 2 aliphatic rings. The van der Waals surface area contributed by atoms with E-state index in [2.05, 4.69) is 15.5 Å². The number of carbonyl (C=O) groups is 2. The zero-order valence-electron chi connectivity index (χ0n) is 20.9. The van der Waals surface area contributed by atoms with Crippen LogP contribution < -0.4 is 20.4 Å². The first kappa shape index (κ1) is 26.3. The van der Waals surface area contributed by atoms with Gasteiger partial charge in [-0.2, -0.15) is 0 Å². The normalized spacial score (nSPS) is 15.8. The van der Waals surface area contributed by atoms with Crippen LogP contribution in [0.1, 0.15) is 43.0 Å². The summed E-state index contributed by atoms with van der Waals surface area (Å²) in [5.41, 5.74) is 2.39. The summed E-state index contributed by atoms with van der Waals surface area (Å²) in [4.78, 5) is 42.0. The summed E-state index contributed by atoms with van der Waals surface area (Å²) < 4.78 is 0. The minimum atomic E-state index is -0.512. The first-order chi connectivity index (χ1) is 17.9. The summed E-state index contributed by atoms with van der Waals surface area (Å²) in [5, 5.41) is 17.4. The quantitative estimate of drug-likeness (QED) is 0.334. The number of amides is 2. The van der Waals surface area contributed by atoms with Crippen molar-refractivity contribution in [2.45, 2.75) is 32.6 Å². The van der Waals surface area contributed by atoms with Crippen molar-refractivity contribution in [1.82, 2.24) is 10.2 Å². The Balaban J connectivity index is 1.33.